The van der Waals surface area contributed by atoms with Crippen LogP contribution in [-0.2, 0) is 16.0 Å². The van der Waals surface area contributed by atoms with Crippen molar-refractivity contribution < 1.29 is 19.5 Å². The largest absolute Gasteiger partial charge is 0.480 e. The minimum absolute atomic E-state index is 0.0561. The zero-order chi connectivity index (χ0) is 19.1. The van der Waals surface area contributed by atoms with Gasteiger partial charge in [0.1, 0.15) is 6.04 Å². The Labute approximate surface area is 150 Å². The van der Waals surface area contributed by atoms with Gasteiger partial charge >= 0.3 is 5.97 Å². The van der Waals surface area contributed by atoms with Crippen molar-refractivity contribution in [1.29, 1.82) is 5.26 Å². The number of hydrogen-bond donors (Lipinski definition) is 3. The number of nitrogens with one attached hydrogen (secondary N) is 2. The molecular formula is C19H17N3O4. The van der Waals surface area contributed by atoms with Gasteiger partial charge in [0, 0.05) is 24.6 Å². The minimum Gasteiger partial charge on any atom is -0.480 e. The smallest absolute Gasteiger partial charge is 0.326 e. The molecule has 2 aromatic rings. The molecule has 2 rings (SSSR count). The van der Waals surface area contributed by atoms with Gasteiger partial charge in [-0.15, -0.1) is 0 Å². The van der Waals surface area contributed by atoms with Gasteiger partial charge in [0.25, 0.3) is 5.91 Å². The highest BCUT2D eigenvalue weighted by atomic mass is 16.4. The Morgan fingerprint density at radius 3 is 2.42 bits per heavy atom. The quantitative estimate of drug-likeness (QED) is 0.735. The Kier molecular flexibility index (Phi) is 6.06. The minimum atomic E-state index is -1.17. The van der Waals surface area contributed by atoms with Gasteiger partial charge < -0.3 is 15.7 Å². The van der Waals surface area contributed by atoms with E-state index in [1.807, 2.05) is 6.07 Å². The van der Waals surface area contributed by atoms with E-state index in [4.69, 9.17) is 5.26 Å². The standard InChI is InChI=1S/C19H17N3O4/c1-12(23)21-16-7-5-15(6-8-16)18(24)22-17(19(25)26)10-13-3-2-4-14(9-13)11-20/h2-9,17H,10H2,1H3,(H,21,23)(H,22,24)(H,25,26)/t17-/m1/s1. The summed E-state index contributed by atoms with van der Waals surface area (Å²) in [7, 11) is 0. The molecule has 0 heterocycles. The Morgan fingerprint density at radius 2 is 1.85 bits per heavy atom. The van der Waals surface area contributed by atoms with Crippen LogP contribution < -0.4 is 10.6 Å². The van der Waals surface area contributed by atoms with Crippen molar-refractivity contribution in [3.05, 3.63) is 65.2 Å². The lowest BCUT2D eigenvalue weighted by molar-refractivity contribution is -0.139. The monoisotopic (exact) mass is 351 g/mol. The van der Waals surface area contributed by atoms with Crippen molar-refractivity contribution in [3.63, 3.8) is 0 Å². The Bertz CT molecular complexity index is 869. The van der Waals surface area contributed by atoms with Crippen molar-refractivity contribution in [1.82, 2.24) is 5.32 Å². The van der Waals surface area contributed by atoms with E-state index < -0.39 is 17.9 Å². The van der Waals surface area contributed by atoms with Gasteiger partial charge in [-0.1, -0.05) is 12.1 Å². The van der Waals surface area contributed by atoms with Crippen molar-refractivity contribution in [2.75, 3.05) is 5.32 Å². The number of nitrogens with zero attached hydrogens (tertiary/aromatic N) is 1. The van der Waals surface area contributed by atoms with Crippen molar-refractivity contribution in [2.45, 2.75) is 19.4 Å². The maximum atomic E-state index is 12.3. The molecule has 7 heteroatoms. The molecule has 0 aliphatic carbocycles. The summed E-state index contributed by atoms with van der Waals surface area (Å²) in [6.45, 7) is 1.37. The van der Waals surface area contributed by atoms with Crippen LogP contribution in [0.4, 0.5) is 5.69 Å². The number of nitriles is 1. The van der Waals surface area contributed by atoms with E-state index in [-0.39, 0.29) is 17.9 Å². The van der Waals surface area contributed by atoms with Crippen molar-refractivity contribution in [3.8, 4) is 6.07 Å². The fourth-order valence-corrected chi connectivity index (χ4v) is 2.35. The number of anilines is 1. The summed E-state index contributed by atoms with van der Waals surface area (Å²) < 4.78 is 0. The molecule has 2 aromatic carbocycles. The SMILES string of the molecule is CC(=O)Nc1ccc(C(=O)N[C@H](Cc2cccc(C#N)c2)C(=O)O)cc1. The van der Waals surface area contributed by atoms with Gasteiger partial charge in [0.2, 0.25) is 5.91 Å². The van der Waals surface area contributed by atoms with Gasteiger partial charge in [-0.25, -0.2) is 4.79 Å². The highest BCUT2D eigenvalue weighted by molar-refractivity contribution is 5.97. The van der Waals surface area contributed by atoms with Crippen LogP contribution in [0.3, 0.4) is 0 Å². The highest BCUT2D eigenvalue weighted by Gasteiger charge is 2.21. The summed E-state index contributed by atoms with van der Waals surface area (Å²) in [6.07, 6.45) is 0.0561. The van der Waals surface area contributed by atoms with Crippen molar-refractivity contribution >= 4 is 23.5 Å². The average molecular weight is 351 g/mol. The number of carbonyl (C=O) groups excluding carboxylic acids is 2. The molecule has 0 unspecified atom stereocenters. The summed E-state index contributed by atoms with van der Waals surface area (Å²) >= 11 is 0. The predicted molar refractivity (Wildman–Crippen MR) is 94.5 cm³/mol. The molecule has 0 aromatic heterocycles. The lowest BCUT2D eigenvalue weighted by Crippen LogP contribution is -2.42. The fourth-order valence-electron chi connectivity index (χ4n) is 2.35. The summed E-state index contributed by atoms with van der Waals surface area (Å²) in [4.78, 5) is 34.8. The average Bonchev–Trinajstić information content (AvgIpc) is 2.61. The third-order valence-electron chi connectivity index (χ3n) is 3.57. The molecule has 7 nitrogen and oxygen atoms in total. The molecule has 132 valence electrons. The molecular weight excluding hydrogens is 334 g/mol. The third-order valence-corrected chi connectivity index (χ3v) is 3.57. The van der Waals surface area contributed by atoms with E-state index in [1.54, 1.807) is 36.4 Å². The van der Waals surface area contributed by atoms with Crippen LogP contribution in [-0.4, -0.2) is 28.9 Å². The fraction of sp³-hybridized carbons (Fsp3) is 0.158. The van der Waals surface area contributed by atoms with Crippen LogP contribution in [0.1, 0.15) is 28.4 Å². The number of carboxylic acid groups (broad SMARTS) is 1. The van der Waals surface area contributed by atoms with Crippen LogP contribution in [0.5, 0.6) is 0 Å². The molecule has 0 aliphatic rings. The lowest BCUT2D eigenvalue weighted by atomic mass is 10.0. The first-order valence-electron chi connectivity index (χ1n) is 7.79. The van der Waals surface area contributed by atoms with Gasteiger partial charge in [0.05, 0.1) is 11.6 Å². The maximum Gasteiger partial charge on any atom is 0.326 e. The summed E-state index contributed by atoms with van der Waals surface area (Å²) in [5.74, 6) is -1.94. The second-order valence-corrected chi connectivity index (χ2v) is 5.64. The molecule has 0 saturated carbocycles. The molecule has 26 heavy (non-hydrogen) atoms. The van der Waals surface area contributed by atoms with Crippen LogP contribution in [0.2, 0.25) is 0 Å². The van der Waals surface area contributed by atoms with E-state index in [9.17, 15) is 19.5 Å². The summed E-state index contributed by atoms with van der Waals surface area (Å²) in [5.41, 5.74) is 1.87. The predicted octanol–water partition coefficient (Wildman–Crippen LogP) is 1.94. The van der Waals surface area contributed by atoms with Crippen LogP contribution in [0.15, 0.2) is 48.5 Å². The lowest BCUT2D eigenvalue weighted by Gasteiger charge is -2.15. The molecule has 0 aliphatic heterocycles. The number of aliphatic carboxylic acids is 1. The molecule has 0 saturated heterocycles. The van der Waals surface area contributed by atoms with Crippen LogP contribution in [0.25, 0.3) is 0 Å². The number of carboxylic acids is 1. The normalized spacial score (nSPS) is 11.1. The molecule has 0 fully saturated rings. The number of benzene rings is 2. The van der Waals surface area contributed by atoms with Gasteiger partial charge in [-0.3, -0.25) is 9.59 Å². The first-order valence-corrected chi connectivity index (χ1v) is 7.79. The molecule has 2 amide bonds. The molecule has 3 N–H and O–H groups in total. The highest BCUT2D eigenvalue weighted by Crippen LogP contribution is 2.11. The molecule has 0 spiro atoms. The zero-order valence-corrected chi connectivity index (χ0v) is 14.0. The molecule has 0 radical (unpaired) electrons. The van der Waals surface area contributed by atoms with E-state index in [1.165, 1.54) is 19.1 Å². The second kappa shape index (κ2) is 8.44. The molecule has 1 atom stereocenters. The first-order chi connectivity index (χ1) is 12.4. The Balaban J connectivity index is 2.09. The van der Waals surface area contributed by atoms with Gasteiger partial charge in [-0.05, 0) is 42.0 Å². The maximum absolute atomic E-state index is 12.3. The second-order valence-electron chi connectivity index (χ2n) is 5.64. The zero-order valence-electron chi connectivity index (χ0n) is 14.0. The number of rotatable bonds is 6. The third kappa shape index (κ3) is 5.18. The van der Waals surface area contributed by atoms with E-state index in [0.717, 1.165) is 0 Å². The van der Waals surface area contributed by atoms with Crippen molar-refractivity contribution in [2.24, 2.45) is 0 Å². The van der Waals surface area contributed by atoms with E-state index in [2.05, 4.69) is 10.6 Å². The van der Waals surface area contributed by atoms with Crippen LogP contribution in [0, 0.1) is 11.3 Å². The number of hydrogen-bond acceptors (Lipinski definition) is 4. The Hall–Kier alpha value is -3.66. The van der Waals surface area contributed by atoms with E-state index >= 15 is 0 Å². The van der Waals surface area contributed by atoms with Gasteiger partial charge in [-0.2, -0.15) is 5.26 Å². The van der Waals surface area contributed by atoms with Crippen LogP contribution >= 0.6 is 0 Å². The van der Waals surface area contributed by atoms with Gasteiger partial charge in [0.15, 0.2) is 0 Å². The summed E-state index contributed by atoms with van der Waals surface area (Å²) in [5, 5.41) is 23.3. The van der Waals surface area contributed by atoms with E-state index in [0.29, 0.717) is 16.8 Å². The summed E-state index contributed by atoms with van der Waals surface area (Å²) in [6, 6.07) is 13.5. The topological polar surface area (TPSA) is 119 Å². The molecule has 0 bridgehead atoms. The number of amides is 2. The Morgan fingerprint density at radius 1 is 1.15 bits per heavy atom. The first kappa shape index (κ1) is 18.7. The number of carbonyl (C=O) groups is 3.